The standard InChI is InChI=1S/C11H14F2N2O2S2/c1-7-6-18-5-4-15(7)19(16,17)9-3-2-8(12)11(14)10(9)13/h2-3,7H,4-6,14H2,1H3. The first-order valence-electron chi connectivity index (χ1n) is 5.68. The molecule has 1 atom stereocenters. The fourth-order valence-electron chi connectivity index (χ4n) is 1.94. The summed E-state index contributed by atoms with van der Waals surface area (Å²) in [6, 6.07) is 1.56. The molecule has 1 aromatic carbocycles. The van der Waals surface area contributed by atoms with Crippen molar-refractivity contribution in [1.82, 2.24) is 4.31 Å². The third-order valence-electron chi connectivity index (χ3n) is 2.98. The summed E-state index contributed by atoms with van der Waals surface area (Å²) < 4.78 is 53.0. The minimum atomic E-state index is -3.98. The summed E-state index contributed by atoms with van der Waals surface area (Å²) in [4.78, 5) is -0.565. The first-order chi connectivity index (χ1) is 8.85. The molecule has 1 unspecified atom stereocenters. The molecule has 0 spiro atoms. The van der Waals surface area contributed by atoms with Gasteiger partial charge in [-0.05, 0) is 19.1 Å². The third-order valence-corrected chi connectivity index (χ3v) is 6.20. The molecule has 4 nitrogen and oxygen atoms in total. The molecule has 1 aliphatic rings. The second kappa shape index (κ2) is 5.26. The number of nitrogen functional groups attached to an aromatic ring is 1. The van der Waals surface area contributed by atoms with Crippen molar-refractivity contribution in [2.45, 2.75) is 17.9 Å². The molecule has 0 saturated carbocycles. The first-order valence-corrected chi connectivity index (χ1v) is 8.28. The van der Waals surface area contributed by atoms with Gasteiger partial charge in [-0.15, -0.1) is 0 Å². The van der Waals surface area contributed by atoms with Crippen molar-refractivity contribution < 1.29 is 17.2 Å². The topological polar surface area (TPSA) is 63.4 Å². The Morgan fingerprint density at radius 3 is 2.74 bits per heavy atom. The summed E-state index contributed by atoms with van der Waals surface area (Å²) in [5.74, 6) is -0.872. The predicted molar refractivity (Wildman–Crippen MR) is 71.4 cm³/mol. The van der Waals surface area contributed by atoms with Gasteiger partial charge in [-0.2, -0.15) is 16.1 Å². The first kappa shape index (κ1) is 14.5. The van der Waals surface area contributed by atoms with E-state index >= 15 is 0 Å². The van der Waals surface area contributed by atoms with Crippen LogP contribution in [0.5, 0.6) is 0 Å². The highest BCUT2D eigenvalue weighted by Gasteiger charge is 2.34. The average molecular weight is 308 g/mol. The van der Waals surface area contributed by atoms with E-state index in [0.717, 1.165) is 12.1 Å². The molecule has 1 saturated heterocycles. The van der Waals surface area contributed by atoms with Gasteiger partial charge in [-0.3, -0.25) is 0 Å². The van der Waals surface area contributed by atoms with Crippen molar-refractivity contribution in [2.75, 3.05) is 23.8 Å². The van der Waals surface area contributed by atoms with Crippen molar-refractivity contribution in [3.63, 3.8) is 0 Å². The molecule has 2 rings (SSSR count). The molecular formula is C11H14F2N2O2S2. The van der Waals surface area contributed by atoms with Gasteiger partial charge in [-0.25, -0.2) is 17.2 Å². The molecule has 1 fully saturated rings. The number of thioether (sulfide) groups is 1. The van der Waals surface area contributed by atoms with E-state index in [1.807, 2.05) is 0 Å². The van der Waals surface area contributed by atoms with Gasteiger partial charge in [0.1, 0.15) is 16.4 Å². The summed E-state index contributed by atoms with van der Waals surface area (Å²) >= 11 is 1.64. The predicted octanol–water partition coefficient (Wildman–Crippen LogP) is 1.67. The van der Waals surface area contributed by atoms with Crippen LogP contribution in [0.4, 0.5) is 14.5 Å². The van der Waals surface area contributed by atoms with E-state index in [2.05, 4.69) is 0 Å². The lowest BCUT2D eigenvalue weighted by Gasteiger charge is -2.32. The zero-order valence-electron chi connectivity index (χ0n) is 10.3. The van der Waals surface area contributed by atoms with Crippen molar-refractivity contribution >= 4 is 27.5 Å². The molecule has 0 bridgehead atoms. The lowest BCUT2D eigenvalue weighted by molar-refractivity contribution is 0.365. The second-order valence-electron chi connectivity index (χ2n) is 4.31. The van der Waals surface area contributed by atoms with Crippen LogP contribution in [0.1, 0.15) is 6.92 Å². The van der Waals surface area contributed by atoms with E-state index in [1.54, 1.807) is 18.7 Å². The second-order valence-corrected chi connectivity index (χ2v) is 7.32. The summed E-state index contributed by atoms with van der Waals surface area (Å²) in [6.07, 6.45) is 0. The smallest absolute Gasteiger partial charge is 0.246 e. The van der Waals surface area contributed by atoms with Crippen LogP contribution in [0.15, 0.2) is 17.0 Å². The average Bonchev–Trinajstić information content (AvgIpc) is 2.36. The number of nitrogens with two attached hydrogens (primary N) is 1. The van der Waals surface area contributed by atoms with Crippen molar-refractivity contribution in [3.05, 3.63) is 23.8 Å². The number of halogens is 2. The molecule has 2 N–H and O–H groups in total. The van der Waals surface area contributed by atoms with Gasteiger partial charge < -0.3 is 5.73 Å². The monoisotopic (exact) mass is 308 g/mol. The van der Waals surface area contributed by atoms with Gasteiger partial charge in [0.2, 0.25) is 10.0 Å². The molecule has 1 aromatic rings. The van der Waals surface area contributed by atoms with Gasteiger partial charge in [0, 0.05) is 24.1 Å². The van der Waals surface area contributed by atoms with Gasteiger partial charge >= 0.3 is 0 Å². The molecule has 0 radical (unpaired) electrons. The van der Waals surface area contributed by atoms with E-state index < -0.39 is 32.2 Å². The maximum Gasteiger partial charge on any atom is 0.246 e. The minimum Gasteiger partial charge on any atom is -0.394 e. The molecule has 0 aromatic heterocycles. The summed E-state index contributed by atoms with van der Waals surface area (Å²) in [5.41, 5.74) is 4.44. The molecule has 106 valence electrons. The third kappa shape index (κ3) is 2.56. The van der Waals surface area contributed by atoms with Crippen LogP contribution in [-0.2, 0) is 10.0 Å². The van der Waals surface area contributed by atoms with Crippen LogP contribution >= 0.6 is 11.8 Å². The summed E-state index contributed by atoms with van der Waals surface area (Å²) in [5, 5.41) is 0. The highest BCUT2D eigenvalue weighted by molar-refractivity contribution is 7.99. The molecular weight excluding hydrogens is 294 g/mol. The van der Waals surface area contributed by atoms with E-state index in [9.17, 15) is 17.2 Å². The fraction of sp³-hybridized carbons (Fsp3) is 0.455. The van der Waals surface area contributed by atoms with E-state index in [4.69, 9.17) is 5.73 Å². The van der Waals surface area contributed by atoms with Crippen LogP contribution in [0.3, 0.4) is 0 Å². The molecule has 1 heterocycles. The largest absolute Gasteiger partial charge is 0.394 e. The quantitative estimate of drug-likeness (QED) is 0.844. The maximum absolute atomic E-state index is 13.9. The number of sulfonamides is 1. The Morgan fingerprint density at radius 1 is 1.42 bits per heavy atom. The van der Waals surface area contributed by atoms with Crippen LogP contribution in [0, 0.1) is 11.6 Å². The van der Waals surface area contributed by atoms with E-state index in [-0.39, 0.29) is 6.04 Å². The summed E-state index contributed by atoms with van der Waals surface area (Å²) in [6.45, 7) is 2.07. The van der Waals surface area contributed by atoms with Crippen LogP contribution in [0.25, 0.3) is 0 Å². The van der Waals surface area contributed by atoms with E-state index in [0.29, 0.717) is 18.1 Å². The van der Waals surface area contributed by atoms with Gasteiger partial charge in [0.25, 0.3) is 0 Å². The van der Waals surface area contributed by atoms with Crippen LogP contribution in [0.2, 0.25) is 0 Å². The van der Waals surface area contributed by atoms with Crippen molar-refractivity contribution in [2.24, 2.45) is 0 Å². The molecule has 0 aliphatic carbocycles. The maximum atomic E-state index is 13.9. The number of benzene rings is 1. The van der Waals surface area contributed by atoms with Gasteiger partial charge in [-0.1, -0.05) is 0 Å². The van der Waals surface area contributed by atoms with E-state index in [1.165, 1.54) is 4.31 Å². The number of nitrogens with zero attached hydrogens (tertiary/aromatic N) is 1. The highest BCUT2D eigenvalue weighted by Crippen LogP contribution is 2.29. The molecule has 8 heteroatoms. The number of rotatable bonds is 2. The number of anilines is 1. The zero-order valence-corrected chi connectivity index (χ0v) is 11.9. The Hall–Kier alpha value is -0.860. The van der Waals surface area contributed by atoms with Crippen LogP contribution in [-0.4, -0.2) is 36.8 Å². The number of hydrogen-bond acceptors (Lipinski definition) is 4. The Morgan fingerprint density at radius 2 is 2.11 bits per heavy atom. The normalized spacial score (nSPS) is 21.5. The minimum absolute atomic E-state index is 0.227. The summed E-state index contributed by atoms with van der Waals surface area (Å²) in [7, 11) is -3.98. The molecule has 0 amide bonds. The van der Waals surface area contributed by atoms with Gasteiger partial charge in [0.05, 0.1) is 0 Å². The van der Waals surface area contributed by atoms with Crippen LogP contribution < -0.4 is 5.73 Å². The van der Waals surface area contributed by atoms with Gasteiger partial charge in [0.15, 0.2) is 5.82 Å². The Labute approximate surface area is 115 Å². The lowest BCUT2D eigenvalue weighted by Crippen LogP contribution is -2.44. The highest BCUT2D eigenvalue weighted by atomic mass is 32.2. The molecule has 19 heavy (non-hydrogen) atoms. The lowest BCUT2D eigenvalue weighted by atomic mass is 10.3. The molecule has 1 aliphatic heterocycles. The van der Waals surface area contributed by atoms with Crippen molar-refractivity contribution in [1.29, 1.82) is 0 Å². The Bertz CT molecular complexity index is 593. The Balaban J connectivity index is 2.48. The number of hydrogen-bond donors (Lipinski definition) is 1. The SMILES string of the molecule is CC1CSCCN1S(=O)(=O)c1ccc(F)c(N)c1F. The zero-order chi connectivity index (χ0) is 14.2. The fourth-order valence-corrected chi connectivity index (χ4v) is 4.88. The van der Waals surface area contributed by atoms with Crippen molar-refractivity contribution in [3.8, 4) is 0 Å². The Kier molecular flexibility index (Phi) is 4.03.